The Labute approximate surface area is 180 Å². The van der Waals surface area contributed by atoms with E-state index in [-0.39, 0.29) is 6.04 Å². The van der Waals surface area contributed by atoms with Crippen molar-refractivity contribution in [2.24, 2.45) is 11.8 Å². The smallest absolute Gasteiger partial charge is 0.214 e. The minimum absolute atomic E-state index is 0.163. The zero-order valence-electron chi connectivity index (χ0n) is 18.6. The van der Waals surface area contributed by atoms with E-state index >= 15 is 0 Å². The fraction of sp³-hybridized carbons (Fsp3) is 0.640. The highest BCUT2D eigenvalue weighted by atomic mass is 16.5. The lowest BCUT2D eigenvalue weighted by Gasteiger charge is -2.51. The molecule has 0 radical (unpaired) electrons. The van der Waals surface area contributed by atoms with Crippen molar-refractivity contribution < 1.29 is 14.6 Å². The average Bonchev–Trinajstić information content (AvgIpc) is 2.80. The van der Waals surface area contributed by atoms with Gasteiger partial charge in [-0.15, -0.1) is 0 Å². The lowest BCUT2D eigenvalue weighted by Crippen LogP contribution is -2.55. The van der Waals surface area contributed by atoms with E-state index in [9.17, 15) is 5.11 Å². The molecule has 0 aliphatic carbocycles. The van der Waals surface area contributed by atoms with Crippen LogP contribution < -0.4 is 9.47 Å². The summed E-state index contributed by atoms with van der Waals surface area (Å²) in [5, 5.41) is 12.5. The first-order valence-corrected chi connectivity index (χ1v) is 11.7. The van der Waals surface area contributed by atoms with Crippen molar-refractivity contribution in [2.45, 2.75) is 64.5 Å². The number of ether oxygens (including phenoxy) is 2. The van der Waals surface area contributed by atoms with Crippen LogP contribution in [0.25, 0.3) is 10.9 Å². The average molecular weight is 413 g/mol. The van der Waals surface area contributed by atoms with Crippen molar-refractivity contribution in [3.63, 3.8) is 0 Å². The predicted octanol–water partition coefficient (Wildman–Crippen LogP) is 4.97. The Kier molecular flexibility index (Phi) is 6.79. The van der Waals surface area contributed by atoms with Crippen LogP contribution in [0.2, 0.25) is 0 Å². The standard InChI is InChI=1S/C25H36N2O3/c1-4-6-7-12-30-24-15-21(20-14-19(29-3)8-9-22(20)26-24)25(28)23-13-18-10-11-27(23)16-17(18)5-2/h8-9,14-15,17-18,23,25,28H,4-7,10-13,16H2,1-3H3/t17-,18-,23-,25+/m0/s1. The molecule has 4 heterocycles. The molecular formula is C25H36N2O3. The third-order valence-corrected chi connectivity index (χ3v) is 7.17. The van der Waals surface area contributed by atoms with Crippen molar-refractivity contribution in [1.29, 1.82) is 0 Å². The molecular weight excluding hydrogens is 376 g/mol. The van der Waals surface area contributed by atoms with Crippen LogP contribution in [-0.4, -0.2) is 47.8 Å². The van der Waals surface area contributed by atoms with Gasteiger partial charge in [-0.1, -0.05) is 33.1 Å². The Balaban J connectivity index is 1.65. The second kappa shape index (κ2) is 9.52. The van der Waals surface area contributed by atoms with Crippen molar-refractivity contribution >= 4 is 10.9 Å². The van der Waals surface area contributed by atoms with Crippen LogP contribution in [0.5, 0.6) is 11.6 Å². The maximum atomic E-state index is 11.6. The molecule has 5 atom stereocenters. The van der Waals surface area contributed by atoms with Crippen LogP contribution in [0, 0.1) is 11.8 Å². The maximum Gasteiger partial charge on any atom is 0.214 e. The lowest BCUT2D eigenvalue weighted by atomic mass is 9.72. The molecule has 1 aromatic heterocycles. The van der Waals surface area contributed by atoms with Gasteiger partial charge in [-0.25, -0.2) is 4.98 Å². The summed E-state index contributed by atoms with van der Waals surface area (Å²) in [6.45, 7) is 7.34. The summed E-state index contributed by atoms with van der Waals surface area (Å²) >= 11 is 0. The van der Waals surface area contributed by atoms with Crippen LogP contribution in [-0.2, 0) is 0 Å². The third-order valence-electron chi connectivity index (χ3n) is 7.17. The van der Waals surface area contributed by atoms with Gasteiger partial charge in [0.05, 0.1) is 25.3 Å². The van der Waals surface area contributed by atoms with Crippen LogP contribution in [0.4, 0.5) is 0 Å². The van der Waals surface area contributed by atoms with Crippen LogP contribution >= 0.6 is 0 Å². The second-order valence-corrected chi connectivity index (χ2v) is 8.95. The van der Waals surface area contributed by atoms with Gasteiger partial charge >= 0.3 is 0 Å². The Morgan fingerprint density at radius 2 is 2.10 bits per heavy atom. The van der Waals surface area contributed by atoms with E-state index in [4.69, 9.17) is 14.5 Å². The summed E-state index contributed by atoms with van der Waals surface area (Å²) in [7, 11) is 1.67. The molecule has 5 nitrogen and oxygen atoms in total. The van der Waals surface area contributed by atoms with Crippen molar-refractivity contribution in [3.05, 3.63) is 29.8 Å². The summed E-state index contributed by atoms with van der Waals surface area (Å²) in [6, 6.07) is 8.00. The van der Waals surface area contributed by atoms with E-state index in [1.807, 2.05) is 24.3 Å². The van der Waals surface area contributed by atoms with E-state index in [0.717, 1.165) is 72.8 Å². The normalized spacial score (nSPS) is 26.7. The highest BCUT2D eigenvalue weighted by molar-refractivity contribution is 5.84. The van der Waals surface area contributed by atoms with E-state index in [1.54, 1.807) is 7.11 Å². The number of fused-ring (bicyclic) bond motifs is 4. The van der Waals surface area contributed by atoms with Gasteiger partial charge in [0.1, 0.15) is 5.75 Å². The van der Waals surface area contributed by atoms with E-state index < -0.39 is 6.10 Å². The number of aromatic nitrogens is 1. The molecule has 2 bridgehead atoms. The van der Waals surface area contributed by atoms with E-state index in [2.05, 4.69) is 18.7 Å². The third kappa shape index (κ3) is 4.28. The van der Waals surface area contributed by atoms with Gasteiger partial charge in [0.15, 0.2) is 0 Å². The number of hydrogen-bond acceptors (Lipinski definition) is 5. The predicted molar refractivity (Wildman–Crippen MR) is 120 cm³/mol. The van der Waals surface area contributed by atoms with Gasteiger partial charge in [-0.05, 0) is 61.4 Å². The fourth-order valence-electron chi connectivity index (χ4n) is 5.36. The van der Waals surface area contributed by atoms with Gasteiger partial charge < -0.3 is 14.6 Å². The molecule has 0 amide bonds. The summed E-state index contributed by atoms with van der Waals surface area (Å²) in [6.07, 6.45) is 6.34. The number of piperidine rings is 3. The maximum absolute atomic E-state index is 11.6. The Hall–Kier alpha value is -1.85. The zero-order valence-corrected chi connectivity index (χ0v) is 18.6. The molecule has 30 heavy (non-hydrogen) atoms. The molecule has 1 unspecified atom stereocenters. The molecule has 1 N–H and O–H groups in total. The SMILES string of the molecule is CCCCCOc1cc([C@@H](O)[C@@H]2C[C@@H]3CCN2C[C@@H]3CC)c2cc(OC)ccc2n1. The number of aliphatic hydroxyl groups excluding tert-OH is 1. The second-order valence-electron chi connectivity index (χ2n) is 8.95. The number of hydrogen-bond donors (Lipinski definition) is 1. The van der Waals surface area contributed by atoms with Crippen molar-refractivity contribution in [1.82, 2.24) is 9.88 Å². The molecule has 3 fully saturated rings. The molecule has 0 saturated carbocycles. The number of rotatable bonds is 9. The highest BCUT2D eigenvalue weighted by Gasteiger charge is 2.42. The number of unbranched alkanes of at least 4 members (excludes halogenated alkanes) is 2. The van der Waals surface area contributed by atoms with Gasteiger partial charge in [0.25, 0.3) is 0 Å². The number of nitrogens with zero attached hydrogens (tertiary/aromatic N) is 2. The summed E-state index contributed by atoms with van der Waals surface area (Å²) in [5.41, 5.74) is 1.76. The molecule has 2 aromatic rings. The van der Waals surface area contributed by atoms with E-state index in [1.165, 1.54) is 12.8 Å². The lowest BCUT2D eigenvalue weighted by molar-refractivity contribution is -0.0562. The summed E-state index contributed by atoms with van der Waals surface area (Å²) in [4.78, 5) is 7.21. The molecule has 5 heteroatoms. The monoisotopic (exact) mass is 412 g/mol. The Bertz CT molecular complexity index is 856. The molecule has 5 rings (SSSR count). The van der Waals surface area contributed by atoms with Crippen molar-refractivity contribution in [3.8, 4) is 11.6 Å². The van der Waals surface area contributed by atoms with Crippen LogP contribution in [0.15, 0.2) is 24.3 Å². The number of benzene rings is 1. The molecule has 0 spiro atoms. The van der Waals surface area contributed by atoms with Crippen molar-refractivity contribution in [2.75, 3.05) is 26.8 Å². The largest absolute Gasteiger partial charge is 0.497 e. The van der Waals surface area contributed by atoms with E-state index in [0.29, 0.717) is 12.5 Å². The van der Waals surface area contributed by atoms with Gasteiger partial charge in [0, 0.05) is 24.0 Å². The molecule has 3 aliphatic heterocycles. The number of aliphatic hydroxyl groups is 1. The molecule has 164 valence electrons. The van der Waals surface area contributed by atoms with Crippen LogP contribution in [0.1, 0.15) is 64.0 Å². The van der Waals surface area contributed by atoms with Gasteiger partial charge in [0.2, 0.25) is 5.88 Å². The minimum Gasteiger partial charge on any atom is -0.497 e. The molecule has 3 saturated heterocycles. The Morgan fingerprint density at radius 3 is 2.80 bits per heavy atom. The minimum atomic E-state index is -0.554. The first kappa shape index (κ1) is 21.4. The highest BCUT2D eigenvalue weighted by Crippen LogP contribution is 2.43. The number of methoxy groups -OCH3 is 1. The summed E-state index contributed by atoms with van der Waals surface area (Å²) < 4.78 is 11.4. The Morgan fingerprint density at radius 1 is 1.23 bits per heavy atom. The molecule has 1 aromatic carbocycles. The quantitative estimate of drug-likeness (QED) is 0.590. The zero-order chi connectivity index (χ0) is 21.1. The number of pyridine rings is 1. The molecule has 3 aliphatic rings. The fourth-order valence-corrected chi connectivity index (χ4v) is 5.36. The van der Waals surface area contributed by atoms with Crippen LogP contribution in [0.3, 0.4) is 0 Å². The van der Waals surface area contributed by atoms with Gasteiger partial charge in [-0.3, -0.25) is 4.90 Å². The first-order valence-electron chi connectivity index (χ1n) is 11.7. The summed E-state index contributed by atoms with van der Waals surface area (Å²) in [5.74, 6) is 2.90. The topological polar surface area (TPSA) is 54.8 Å². The van der Waals surface area contributed by atoms with Gasteiger partial charge in [-0.2, -0.15) is 0 Å². The first-order chi connectivity index (χ1) is 14.6.